The van der Waals surface area contributed by atoms with Crippen LogP contribution in [0.5, 0.6) is 0 Å². The van der Waals surface area contributed by atoms with Crippen LogP contribution < -0.4 is 0 Å². The number of imide groups is 1. The lowest BCUT2D eigenvalue weighted by atomic mass is 9.63. The molecule has 7 nitrogen and oxygen atoms in total. The highest BCUT2D eigenvalue weighted by Gasteiger charge is 2.67. The van der Waals surface area contributed by atoms with Gasteiger partial charge in [-0.05, 0) is 36.2 Å². The number of rotatable bonds is 3. The molecule has 2 heterocycles. The Morgan fingerprint density at radius 1 is 1.17 bits per heavy atom. The third kappa shape index (κ3) is 1.74. The normalized spacial score (nSPS) is 38.8. The fourth-order valence-electron chi connectivity index (χ4n) is 4.68. The van der Waals surface area contributed by atoms with Crippen LogP contribution in [0.25, 0.3) is 0 Å². The number of thiophene rings is 1. The average Bonchev–Trinajstić information content (AvgIpc) is 3.20. The number of hydrogen-bond donors (Lipinski definition) is 0. The second-order valence-corrected chi connectivity index (χ2v) is 7.91. The molecule has 5 aliphatic rings. The van der Waals surface area contributed by atoms with Crippen LogP contribution in [-0.4, -0.2) is 28.0 Å². The largest absolute Gasteiger partial charge is 0.324 e. The van der Waals surface area contributed by atoms with Crippen LogP contribution in [0.4, 0.5) is 5.00 Å². The van der Waals surface area contributed by atoms with Gasteiger partial charge in [-0.25, -0.2) is 0 Å². The summed E-state index contributed by atoms with van der Waals surface area (Å²) in [7, 11) is 0. The summed E-state index contributed by atoms with van der Waals surface area (Å²) in [6.07, 6.45) is 6.71. The van der Waals surface area contributed by atoms with E-state index in [4.69, 9.17) is 0 Å². The van der Waals surface area contributed by atoms with E-state index in [0.717, 1.165) is 22.8 Å². The van der Waals surface area contributed by atoms with Gasteiger partial charge in [0.2, 0.25) is 0 Å². The second kappa shape index (κ2) is 4.60. The number of nitro groups is 1. The standard InChI is InChI=1S/C16H13N3O4S/c20-15-13-8-2-3-9(11-5-10(8)11)14(13)16(21)18(15)17-6-7-1-4-12(24-7)19(22)23/h1-4,6,8-11,13-14H,5H2/b17-6+. The molecular weight excluding hydrogens is 330 g/mol. The van der Waals surface area contributed by atoms with Crippen molar-refractivity contribution < 1.29 is 14.5 Å². The maximum absolute atomic E-state index is 12.7. The first-order valence-corrected chi connectivity index (χ1v) is 8.72. The van der Waals surface area contributed by atoms with Gasteiger partial charge in [-0.1, -0.05) is 23.5 Å². The number of nitrogens with zero attached hydrogens (tertiary/aromatic N) is 3. The Balaban J connectivity index is 1.42. The highest BCUT2D eigenvalue weighted by molar-refractivity contribution is 7.16. The van der Waals surface area contributed by atoms with Crippen molar-refractivity contribution in [1.82, 2.24) is 5.01 Å². The van der Waals surface area contributed by atoms with E-state index in [0.29, 0.717) is 16.7 Å². The minimum absolute atomic E-state index is 0.00604. The lowest BCUT2D eigenvalue weighted by molar-refractivity contribution is -0.380. The smallest absolute Gasteiger partial charge is 0.272 e. The first kappa shape index (κ1) is 14.0. The molecule has 2 saturated carbocycles. The van der Waals surface area contributed by atoms with Crippen molar-refractivity contribution >= 4 is 34.4 Å². The van der Waals surface area contributed by atoms with E-state index in [2.05, 4.69) is 17.3 Å². The van der Waals surface area contributed by atoms with Gasteiger partial charge in [0, 0.05) is 6.07 Å². The third-order valence-electron chi connectivity index (χ3n) is 5.73. The van der Waals surface area contributed by atoms with Gasteiger partial charge in [0.05, 0.1) is 27.9 Å². The molecular formula is C16H13N3O4S. The monoisotopic (exact) mass is 343 g/mol. The molecule has 122 valence electrons. The molecule has 3 fully saturated rings. The Morgan fingerprint density at radius 2 is 1.79 bits per heavy atom. The number of hydrazone groups is 1. The van der Waals surface area contributed by atoms with Crippen molar-refractivity contribution in [2.75, 3.05) is 0 Å². The predicted octanol–water partition coefficient (Wildman–Crippen LogP) is 2.04. The molecule has 8 heteroatoms. The second-order valence-electron chi connectivity index (χ2n) is 6.82. The molecule has 1 saturated heterocycles. The number of amides is 2. The van der Waals surface area contributed by atoms with E-state index >= 15 is 0 Å². The molecule has 0 radical (unpaired) electrons. The SMILES string of the molecule is O=C1C2C3C=CC(C4CC34)C2C(=O)N1/N=C/c1ccc([N+](=O)[O-])s1. The lowest BCUT2D eigenvalue weighted by Crippen LogP contribution is -2.40. The van der Waals surface area contributed by atoms with Crippen LogP contribution in [0.2, 0.25) is 0 Å². The molecule has 6 atom stereocenters. The first-order chi connectivity index (χ1) is 11.6. The third-order valence-corrected chi connectivity index (χ3v) is 6.70. The molecule has 0 N–H and O–H groups in total. The summed E-state index contributed by atoms with van der Waals surface area (Å²) in [5, 5.41) is 15.8. The van der Waals surface area contributed by atoms with Crippen molar-refractivity contribution in [3.05, 3.63) is 39.3 Å². The Kier molecular flexibility index (Phi) is 2.69. The van der Waals surface area contributed by atoms with Crippen molar-refractivity contribution in [1.29, 1.82) is 0 Å². The van der Waals surface area contributed by atoms with E-state index in [-0.39, 0.29) is 40.5 Å². The summed E-state index contributed by atoms with van der Waals surface area (Å²) >= 11 is 0.963. The maximum atomic E-state index is 12.7. The summed E-state index contributed by atoms with van der Waals surface area (Å²) in [5.41, 5.74) is 0. The number of carbonyl (C=O) groups is 2. The van der Waals surface area contributed by atoms with Gasteiger partial charge in [0.1, 0.15) is 0 Å². The van der Waals surface area contributed by atoms with Gasteiger partial charge < -0.3 is 0 Å². The Bertz CT molecular complexity index is 808. The molecule has 2 bridgehead atoms. The molecule has 0 spiro atoms. The molecule has 1 aromatic heterocycles. The molecule has 0 aromatic carbocycles. The fraction of sp³-hybridized carbons (Fsp3) is 0.438. The van der Waals surface area contributed by atoms with Crippen LogP contribution >= 0.6 is 11.3 Å². The Hall–Kier alpha value is -2.35. The molecule has 6 rings (SSSR count). The van der Waals surface area contributed by atoms with Crippen LogP contribution in [0.3, 0.4) is 0 Å². The predicted molar refractivity (Wildman–Crippen MR) is 85.1 cm³/mol. The molecule has 24 heavy (non-hydrogen) atoms. The zero-order valence-electron chi connectivity index (χ0n) is 12.4. The van der Waals surface area contributed by atoms with Gasteiger partial charge in [-0.2, -0.15) is 10.1 Å². The molecule has 1 aliphatic heterocycles. The van der Waals surface area contributed by atoms with Gasteiger partial charge in [0.25, 0.3) is 11.8 Å². The molecule has 1 aromatic rings. The minimum atomic E-state index is -0.474. The first-order valence-electron chi connectivity index (χ1n) is 7.90. The number of hydrogen-bond acceptors (Lipinski definition) is 6. The van der Waals surface area contributed by atoms with Crippen LogP contribution in [0, 0.1) is 45.6 Å². The van der Waals surface area contributed by atoms with Crippen molar-refractivity contribution in [2.24, 2.45) is 40.6 Å². The summed E-state index contributed by atoms with van der Waals surface area (Å²) in [4.78, 5) is 36.2. The summed E-state index contributed by atoms with van der Waals surface area (Å²) < 4.78 is 0. The topological polar surface area (TPSA) is 92.9 Å². The van der Waals surface area contributed by atoms with Crippen LogP contribution in [0.15, 0.2) is 29.4 Å². The van der Waals surface area contributed by atoms with E-state index in [1.54, 1.807) is 6.07 Å². The number of allylic oxidation sites excluding steroid dienone is 2. The average molecular weight is 343 g/mol. The summed E-state index contributed by atoms with van der Waals surface area (Å²) in [6, 6.07) is 2.95. The van der Waals surface area contributed by atoms with Crippen molar-refractivity contribution in [3.63, 3.8) is 0 Å². The summed E-state index contributed by atoms with van der Waals surface area (Å²) in [6.45, 7) is 0. The molecule has 2 amide bonds. The number of carbonyl (C=O) groups excluding carboxylic acids is 2. The van der Waals surface area contributed by atoms with Gasteiger partial charge >= 0.3 is 5.00 Å². The summed E-state index contributed by atoms with van der Waals surface area (Å²) in [5.74, 6) is 0.462. The van der Waals surface area contributed by atoms with Crippen LogP contribution in [0.1, 0.15) is 11.3 Å². The fourth-order valence-corrected chi connectivity index (χ4v) is 5.37. The van der Waals surface area contributed by atoms with Crippen LogP contribution in [-0.2, 0) is 9.59 Å². The minimum Gasteiger partial charge on any atom is -0.272 e. The zero-order valence-corrected chi connectivity index (χ0v) is 13.3. The van der Waals surface area contributed by atoms with Crippen molar-refractivity contribution in [2.45, 2.75) is 6.42 Å². The van der Waals surface area contributed by atoms with Gasteiger partial charge in [-0.3, -0.25) is 19.7 Å². The van der Waals surface area contributed by atoms with E-state index in [1.807, 2.05) is 0 Å². The van der Waals surface area contributed by atoms with Gasteiger partial charge in [-0.15, -0.1) is 0 Å². The lowest BCUT2D eigenvalue weighted by Gasteiger charge is -2.37. The molecule has 4 aliphatic carbocycles. The zero-order chi connectivity index (χ0) is 16.6. The van der Waals surface area contributed by atoms with Crippen molar-refractivity contribution in [3.8, 4) is 0 Å². The Morgan fingerprint density at radius 3 is 2.33 bits per heavy atom. The van der Waals surface area contributed by atoms with Gasteiger partial charge in [0.15, 0.2) is 0 Å². The quantitative estimate of drug-likeness (QED) is 0.276. The molecule has 6 unspecified atom stereocenters. The highest BCUT2D eigenvalue weighted by Crippen LogP contribution is 2.65. The highest BCUT2D eigenvalue weighted by atomic mass is 32.1. The van der Waals surface area contributed by atoms with E-state index < -0.39 is 4.92 Å². The van der Waals surface area contributed by atoms with E-state index in [1.165, 1.54) is 12.3 Å². The maximum Gasteiger partial charge on any atom is 0.324 e. The Labute approximate surface area is 140 Å². The van der Waals surface area contributed by atoms with E-state index in [9.17, 15) is 19.7 Å².